The maximum atomic E-state index is 11.6. The molecule has 0 spiro atoms. The zero-order chi connectivity index (χ0) is 11.3. The Labute approximate surface area is 88.2 Å². The van der Waals surface area contributed by atoms with E-state index in [1.807, 2.05) is 13.8 Å². The Morgan fingerprint density at radius 3 is 2.87 bits per heavy atom. The van der Waals surface area contributed by atoms with Gasteiger partial charge >= 0.3 is 0 Å². The average molecular weight is 212 g/mol. The number of tetrazole rings is 1. The molecular weight excluding hydrogens is 196 g/mol. The molecule has 0 saturated heterocycles. The number of aromatic nitrogens is 4. The molecule has 0 aromatic carbocycles. The van der Waals surface area contributed by atoms with Crippen LogP contribution >= 0.6 is 0 Å². The Kier molecular flexibility index (Phi) is 4.17. The maximum Gasteiger partial charge on any atom is 0.270 e. The van der Waals surface area contributed by atoms with E-state index in [0.29, 0.717) is 6.54 Å². The zero-order valence-corrected chi connectivity index (χ0v) is 9.19. The summed E-state index contributed by atoms with van der Waals surface area (Å²) < 4.78 is 0. The van der Waals surface area contributed by atoms with E-state index in [-0.39, 0.29) is 17.8 Å². The standard InChI is InChI=1S/C8H16N6O/c1-4-9-5-6(2)7(15)10-8-11-13-14(3)12-8/h6,9H,4-5H2,1-3H3,(H,10,12,15). The molecule has 0 aliphatic carbocycles. The van der Waals surface area contributed by atoms with Crippen LogP contribution < -0.4 is 10.6 Å². The van der Waals surface area contributed by atoms with Crippen LogP contribution in [0.3, 0.4) is 0 Å². The predicted octanol–water partition coefficient (Wildman–Crippen LogP) is -0.606. The van der Waals surface area contributed by atoms with Gasteiger partial charge in [-0.3, -0.25) is 10.1 Å². The van der Waals surface area contributed by atoms with Crippen molar-refractivity contribution in [3.05, 3.63) is 0 Å². The van der Waals surface area contributed by atoms with Gasteiger partial charge in [0.05, 0.1) is 7.05 Å². The van der Waals surface area contributed by atoms with Crippen LogP contribution in [0.5, 0.6) is 0 Å². The van der Waals surface area contributed by atoms with Gasteiger partial charge in [-0.25, -0.2) is 0 Å². The fourth-order valence-electron chi connectivity index (χ4n) is 1.02. The number of aryl methyl sites for hydroxylation is 1. The smallest absolute Gasteiger partial charge is 0.270 e. The summed E-state index contributed by atoms with van der Waals surface area (Å²) in [6.45, 7) is 5.33. The van der Waals surface area contributed by atoms with Gasteiger partial charge < -0.3 is 5.32 Å². The molecule has 1 amide bonds. The van der Waals surface area contributed by atoms with E-state index < -0.39 is 0 Å². The normalized spacial score (nSPS) is 12.5. The van der Waals surface area contributed by atoms with E-state index in [0.717, 1.165) is 6.54 Å². The Hall–Kier alpha value is -1.50. The third kappa shape index (κ3) is 3.62. The first kappa shape index (κ1) is 11.6. The van der Waals surface area contributed by atoms with E-state index in [1.165, 1.54) is 4.80 Å². The van der Waals surface area contributed by atoms with Crippen LogP contribution in [-0.2, 0) is 11.8 Å². The van der Waals surface area contributed by atoms with Gasteiger partial charge in [-0.05, 0) is 11.8 Å². The van der Waals surface area contributed by atoms with Crippen molar-refractivity contribution < 1.29 is 4.79 Å². The molecule has 15 heavy (non-hydrogen) atoms. The number of nitrogens with zero attached hydrogens (tertiary/aromatic N) is 4. The number of hydrogen-bond acceptors (Lipinski definition) is 5. The Morgan fingerprint density at radius 2 is 2.33 bits per heavy atom. The molecule has 0 aliphatic heterocycles. The van der Waals surface area contributed by atoms with Gasteiger partial charge in [0.2, 0.25) is 5.91 Å². The van der Waals surface area contributed by atoms with Gasteiger partial charge in [0.1, 0.15) is 0 Å². The molecule has 1 rings (SSSR count). The molecule has 7 heteroatoms. The van der Waals surface area contributed by atoms with Crippen molar-refractivity contribution in [3.63, 3.8) is 0 Å². The van der Waals surface area contributed by atoms with E-state index >= 15 is 0 Å². The second-order valence-electron chi connectivity index (χ2n) is 3.30. The molecule has 0 bridgehead atoms. The quantitative estimate of drug-likeness (QED) is 0.680. The minimum absolute atomic E-state index is 0.107. The summed E-state index contributed by atoms with van der Waals surface area (Å²) >= 11 is 0. The summed E-state index contributed by atoms with van der Waals surface area (Å²) in [5.74, 6) is 0.0172. The molecule has 2 N–H and O–H groups in total. The fourth-order valence-corrected chi connectivity index (χ4v) is 1.02. The van der Waals surface area contributed by atoms with Crippen molar-refractivity contribution in [2.75, 3.05) is 18.4 Å². The average Bonchev–Trinajstić information content (AvgIpc) is 2.60. The lowest BCUT2D eigenvalue weighted by Crippen LogP contribution is -2.30. The molecule has 0 saturated carbocycles. The van der Waals surface area contributed by atoms with Gasteiger partial charge in [-0.1, -0.05) is 18.9 Å². The van der Waals surface area contributed by atoms with E-state index in [2.05, 4.69) is 26.0 Å². The molecule has 7 nitrogen and oxygen atoms in total. The lowest BCUT2D eigenvalue weighted by Gasteiger charge is -2.09. The van der Waals surface area contributed by atoms with E-state index in [4.69, 9.17) is 0 Å². The third-order valence-corrected chi connectivity index (χ3v) is 1.89. The summed E-state index contributed by atoms with van der Waals surface area (Å²) in [6, 6.07) is 0. The van der Waals surface area contributed by atoms with Gasteiger partial charge in [-0.15, -0.1) is 5.10 Å². The highest BCUT2D eigenvalue weighted by molar-refractivity contribution is 5.90. The minimum Gasteiger partial charge on any atom is -0.316 e. The zero-order valence-electron chi connectivity index (χ0n) is 9.19. The number of hydrogen-bond donors (Lipinski definition) is 2. The van der Waals surface area contributed by atoms with Gasteiger partial charge in [0, 0.05) is 12.5 Å². The van der Waals surface area contributed by atoms with Crippen molar-refractivity contribution in [1.29, 1.82) is 0 Å². The number of rotatable bonds is 5. The summed E-state index contributed by atoms with van der Waals surface area (Å²) in [5, 5.41) is 16.8. The lowest BCUT2D eigenvalue weighted by atomic mass is 10.1. The Morgan fingerprint density at radius 1 is 1.60 bits per heavy atom. The lowest BCUT2D eigenvalue weighted by molar-refractivity contribution is -0.119. The van der Waals surface area contributed by atoms with Crippen LogP contribution in [-0.4, -0.2) is 39.2 Å². The van der Waals surface area contributed by atoms with E-state index in [1.54, 1.807) is 7.05 Å². The maximum absolute atomic E-state index is 11.6. The number of amides is 1. The molecule has 1 heterocycles. The Bertz CT molecular complexity index is 323. The highest BCUT2D eigenvalue weighted by Gasteiger charge is 2.14. The number of carbonyl (C=O) groups is 1. The third-order valence-electron chi connectivity index (χ3n) is 1.89. The van der Waals surface area contributed by atoms with E-state index in [9.17, 15) is 4.79 Å². The summed E-state index contributed by atoms with van der Waals surface area (Å²) in [7, 11) is 1.64. The highest BCUT2D eigenvalue weighted by atomic mass is 16.2. The molecule has 0 radical (unpaired) electrons. The monoisotopic (exact) mass is 212 g/mol. The van der Waals surface area contributed by atoms with Crippen molar-refractivity contribution in [3.8, 4) is 0 Å². The van der Waals surface area contributed by atoms with Gasteiger partial charge in [0.25, 0.3) is 5.95 Å². The molecule has 1 aromatic rings. The largest absolute Gasteiger partial charge is 0.316 e. The van der Waals surface area contributed by atoms with Crippen molar-refractivity contribution in [2.45, 2.75) is 13.8 Å². The number of nitrogens with one attached hydrogen (secondary N) is 2. The van der Waals surface area contributed by atoms with Gasteiger partial charge in [-0.2, -0.15) is 4.80 Å². The molecule has 1 atom stereocenters. The molecule has 1 unspecified atom stereocenters. The van der Waals surface area contributed by atoms with Crippen LogP contribution in [0, 0.1) is 5.92 Å². The summed E-state index contributed by atoms with van der Waals surface area (Å²) in [6.07, 6.45) is 0. The molecule has 0 fully saturated rings. The van der Waals surface area contributed by atoms with Crippen LogP contribution in [0.4, 0.5) is 5.95 Å². The number of carbonyl (C=O) groups excluding carboxylic acids is 1. The summed E-state index contributed by atoms with van der Waals surface area (Å²) in [5.41, 5.74) is 0. The van der Waals surface area contributed by atoms with Crippen LogP contribution in [0.15, 0.2) is 0 Å². The first-order chi connectivity index (χ1) is 7.13. The van der Waals surface area contributed by atoms with Crippen LogP contribution in [0.1, 0.15) is 13.8 Å². The highest BCUT2D eigenvalue weighted by Crippen LogP contribution is 1.99. The topological polar surface area (TPSA) is 84.7 Å². The van der Waals surface area contributed by atoms with Crippen molar-refractivity contribution in [1.82, 2.24) is 25.5 Å². The fraction of sp³-hybridized carbons (Fsp3) is 0.750. The second-order valence-corrected chi connectivity index (χ2v) is 3.30. The van der Waals surface area contributed by atoms with Crippen LogP contribution in [0.2, 0.25) is 0 Å². The second kappa shape index (κ2) is 5.40. The van der Waals surface area contributed by atoms with Crippen molar-refractivity contribution >= 4 is 11.9 Å². The molecular formula is C8H16N6O. The minimum atomic E-state index is -0.117. The first-order valence-corrected chi connectivity index (χ1v) is 4.89. The molecule has 84 valence electrons. The number of anilines is 1. The first-order valence-electron chi connectivity index (χ1n) is 4.89. The van der Waals surface area contributed by atoms with Crippen LogP contribution in [0.25, 0.3) is 0 Å². The molecule has 1 aromatic heterocycles. The van der Waals surface area contributed by atoms with Crippen molar-refractivity contribution in [2.24, 2.45) is 13.0 Å². The SMILES string of the molecule is CCNCC(C)C(=O)Nc1nnn(C)n1. The summed E-state index contributed by atoms with van der Waals surface area (Å²) in [4.78, 5) is 12.9. The molecule has 0 aliphatic rings. The Balaban J connectivity index is 2.41. The predicted molar refractivity (Wildman–Crippen MR) is 55.1 cm³/mol. The van der Waals surface area contributed by atoms with Gasteiger partial charge in [0.15, 0.2) is 0 Å².